The van der Waals surface area contributed by atoms with Crippen molar-refractivity contribution in [1.29, 1.82) is 0 Å². The zero-order valence-electron chi connectivity index (χ0n) is 19.4. The number of anilines is 2. The molecule has 0 fully saturated rings. The molecule has 2 aromatic rings. The maximum Gasteiger partial charge on any atom is 0.323 e. The number of carbonyl (C=O) groups excluding carboxylic acids is 2. The van der Waals surface area contributed by atoms with Gasteiger partial charge in [0.05, 0.1) is 6.54 Å². The fourth-order valence-corrected chi connectivity index (χ4v) is 4.71. The maximum atomic E-state index is 13.2. The summed E-state index contributed by atoms with van der Waals surface area (Å²) in [7, 11) is 1.73. The minimum Gasteiger partial charge on any atom is -0.480 e. The number of carbonyl (C=O) groups is 3. The fourth-order valence-electron chi connectivity index (χ4n) is 4.71. The zero-order valence-corrected chi connectivity index (χ0v) is 19.4. The van der Waals surface area contributed by atoms with Crippen LogP contribution in [0, 0.1) is 6.92 Å². The summed E-state index contributed by atoms with van der Waals surface area (Å²) in [6, 6.07) is 12.0. The summed E-state index contributed by atoms with van der Waals surface area (Å²) in [5.41, 5.74) is 5.83. The molecule has 0 aromatic heterocycles. The van der Waals surface area contributed by atoms with Crippen LogP contribution in [0.25, 0.3) is 0 Å². The highest BCUT2D eigenvalue weighted by Crippen LogP contribution is 2.34. The van der Waals surface area contributed by atoms with Crippen molar-refractivity contribution in [1.82, 2.24) is 10.0 Å². The number of carboxylic acids is 1. The van der Waals surface area contributed by atoms with E-state index in [0.717, 1.165) is 16.8 Å². The first-order chi connectivity index (χ1) is 15.8. The van der Waals surface area contributed by atoms with Crippen LogP contribution in [0.2, 0.25) is 0 Å². The van der Waals surface area contributed by atoms with Gasteiger partial charge < -0.3 is 14.9 Å². The van der Waals surface area contributed by atoms with E-state index in [1.54, 1.807) is 21.9 Å². The molecule has 2 amide bonds. The van der Waals surface area contributed by atoms with Gasteiger partial charge in [-0.1, -0.05) is 24.3 Å². The Morgan fingerprint density at radius 2 is 1.70 bits per heavy atom. The van der Waals surface area contributed by atoms with E-state index in [1.165, 1.54) is 11.1 Å². The lowest BCUT2D eigenvalue weighted by Crippen LogP contribution is -2.47. The van der Waals surface area contributed by atoms with Gasteiger partial charge in [0.1, 0.15) is 6.54 Å². The van der Waals surface area contributed by atoms with Crippen molar-refractivity contribution < 1.29 is 19.5 Å². The molecule has 33 heavy (non-hydrogen) atoms. The number of carboxylic acid groups (broad SMARTS) is 1. The second-order valence-electron chi connectivity index (χ2n) is 8.66. The summed E-state index contributed by atoms with van der Waals surface area (Å²) in [4.78, 5) is 40.5. The number of amides is 2. The van der Waals surface area contributed by atoms with Crippen molar-refractivity contribution in [2.24, 2.45) is 0 Å². The quantitative estimate of drug-likeness (QED) is 0.698. The van der Waals surface area contributed by atoms with E-state index in [0.29, 0.717) is 38.2 Å². The van der Waals surface area contributed by atoms with Crippen LogP contribution in [-0.2, 0) is 33.9 Å². The molecule has 4 rings (SSSR count). The summed E-state index contributed by atoms with van der Waals surface area (Å²) >= 11 is 0. The molecule has 0 aliphatic carbocycles. The van der Waals surface area contributed by atoms with Crippen LogP contribution in [-0.4, -0.2) is 59.6 Å². The molecule has 8 nitrogen and oxygen atoms in total. The zero-order chi connectivity index (χ0) is 23.7. The van der Waals surface area contributed by atoms with Crippen molar-refractivity contribution in [3.63, 3.8) is 0 Å². The number of aryl methyl sites for hydroxylation is 2. The van der Waals surface area contributed by atoms with Crippen LogP contribution in [0.1, 0.15) is 35.6 Å². The molecule has 8 heteroatoms. The van der Waals surface area contributed by atoms with Crippen LogP contribution in [0.5, 0.6) is 0 Å². The molecule has 2 aliphatic heterocycles. The molecule has 0 saturated heterocycles. The Morgan fingerprint density at radius 1 is 1.03 bits per heavy atom. The molecule has 0 spiro atoms. The number of likely N-dealkylation sites (N-methyl/N-ethyl adjacent to an activating group) is 1. The summed E-state index contributed by atoms with van der Waals surface area (Å²) < 4.78 is 0. The van der Waals surface area contributed by atoms with Crippen molar-refractivity contribution in [2.75, 3.05) is 36.5 Å². The first-order valence-corrected chi connectivity index (χ1v) is 11.3. The van der Waals surface area contributed by atoms with Gasteiger partial charge in [-0.2, -0.15) is 0 Å². The summed E-state index contributed by atoms with van der Waals surface area (Å²) in [6.07, 6.45) is 1.04. The van der Waals surface area contributed by atoms with Crippen LogP contribution in [0.4, 0.5) is 11.4 Å². The van der Waals surface area contributed by atoms with E-state index >= 15 is 0 Å². The molecule has 0 saturated carbocycles. The monoisotopic (exact) mass is 450 g/mol. The third kappa shape index (κ3) is 4.57. The number of hydrogen-bond donors (Lipinski definition) is 1. The van der Waals surface area contributed by atoms with Crippen LogP contribution in [0.3, 0.4) is 0 Å². The number of nitrogens with zero attached hydrogens (tertiary/aromatic N) is 4. The molecule has 2 heterocycles. The summed E-state index contributed by atoms with van der Waals surface area (Å²) in [5, 5.41) is 13.1. The molecule has 0 atom stereocenters. The largest absolute Gasteiger partial charge is 0.480 e. The first-order valence-electron chi connectivity index (χ1n) is 11.3. The number of fused-ring (bicyclic) bond motifs is 2. The average molecular weight is 451 g/mol. The average Bonchev–Trinajstić information content (AvgIpc) is 3.21. The molecular formula is C25H30N4O4. The van der Waals surface area contributed by atoms with Crippen molar-refractivity contribution in [3.05, 3.63) is 58.7 Å². The first kappa shape index (κ1) is 22.8. The van der Waals surface area contributed by atoms with E-state index in [2.05, 4.69) is 12.1 Å². The Bertz CT molecular complexity index is 1070. The molecule has 2 aliphatic rings. The number of hydrogen-bond acceptors (Lipinski definition) is 5. The minimum atomic E-state index is -0.999. The standard InChI is InChI=1S/C25H30N4O4/c1-4-29-22-11-17(2)21(12-18(22)9-10-23(29)30)27(16-25(32)33)15-24(31)26(3)28-13-19-7-5-6-8-20(19)14-28/h5-8,11-12H,4,9-10,13-16H2,1-3H3,(H,32,33). The van der Waals surface area contributed by atoms with Gasteiger partial charge in [-0.05, 0) is 54.7 Å². The van der Waals surface area contributed by atoms with Crippen LogP contribution in [0.15, 0.2) is 36.4 Å². The predicted molar refractivity (Wildman–Crippen MR) is 126 cm³/mol. The fraction of sp³-hybridized carbons (Fsp3) is 0.400. The third-order valence-corrected chi connectivity index (χ3v) is 6.52. The van der Waals surface area contributed by atoms with Gasteiger partial charge in [0.15, 0.2) is 0 Å². The minimum absolute atomic E-state index is 0.0499. The Morgan fingerprint density at radius 3 is 2.30 bits per heavy atom. The molecule has 0 bridgehead atoms. The number of rotatable bonds is 7. The lowest BCUT2D eigenvalue weighted by Gasteiger charge is -2.33. The smallest absolute Gasteiger partial charge is 0.323 e. The maximum absolute atomic E-state index is 13.2. The molecule has 0 unspecified atom stereocenters. The summed E-state index contributed by atoms with van der Waals surface area (Å²) in [6.45, 7) is 5.39. The number of aliphatic carboxylic acids is 1. The predicted octanol–water partition coefficient (Wildman–Crippen LogP) is 2.57. The normalized spacial score (nSPS) is 15.2. The Hall–Kier alpha value is -3.39. The number of benzene rings is 2. The third-order valence-electron chi connectivity index (χ3n) is 6.52. The Kier molecular flexibility index (Phi) is 6.37. The van der Waals surface area contributed by atoms with Crippen LogP contribution < -0.4 is 9.80 Å². The van der Waals surface area contributed by atoms with E-state index in [4.69, 9.17) is 0 Å². The van der Waals surface area contributed by atoms with Gasteiger partial charge in [-0.25, -0.2) is 5.01 Å². The highest BCUT2D eigenvalue weighted by atomic mass is 16.4. The Labute approximate surface area is 194 Å². The van der Waals surface area contributed by atoms with Gasteiger partial charge in [0.25, 0.3) is 5.91 Å². The van der Waals surface area contributed by atoms with Gasteiger partial charge in [0, 0.05) is 44.5 Å². The van der Waals surface area contributed by atoms with Crippen molar-refractivity contribution in [2.45, 2.75) is 39.8 Å². The molecule has 1 N–H and O–H groups in total. The van der Waals surface area contributed by atoms with E-state index in [-0.39, 0.29) is 24.9 Å². The van der Waals surface area contributed by atoms with E-state index < -0.39 is 5.97 Å². The second kappa shape index (κ2) is 9.23. The van der Waals surface area contributed by atoms with Gasteiger partial charge >= 0.3 is 5.97 Å². The van der Waals surface area contributed by atoms with Gasteiger partial charge in [-0.15, -0.1) is 0 Å². The molecule has 174 valence electrons. The Balaban J connectivity index is 1.56. The van der Waals surface area contributed by atoms with Gasteiger partial charge in [0.2, 0.25) is 5.91 Å². The van der Waals surface area contributed by atoms with Crippen molar-refractivity contribution >= 4 is 29.2 Å². The van der Waals surface area contributed by atoms with Gasteiger partial charge in [-0.3, -0.25) is 19.4 Å². The highest BCUT2D eigenvalue weighted by molar-refractivity contribution is 5.97. The second-order valence-corrected chi connectivity index (χ2v) is 8.66. The molecule has 0 radical (unpaired) electrons. The van der Waals surface area contributed by atoms with E-state index in [1.807, 2.05) is 43.1 Å². The molecule has 2 aromatic carbocycles. The highest BCUT2D eigenvalue weighted by Gasteiger charge is 2.29. The topological polar surface area (TPSA) is 84.4 Å². The summed E-state index contributed by atoms with van der Waals surface area (Å²) in [5.74, 6) is -1.07. The van der Waals surface area contributed by atoms with Crippen molar-refractivity contribution in [3.8, 4) is 0 Å². The SMILES string of the molecule is CCN1C(=O)CCc2cc(N(CC(=O)O)CC(=O)N(C)N3Cc4ccccc4C3)c(C)cc21. The van der Waals surface area contributed by atoms with E-state index in [9.17, 15) is 19.5 Å². The van der Waals surface area contributed by atoms with Crippen LogP contribution >= 0.6 is 0 Å². The lowest BCUT2D eigenvalue weighted by molar-refractivity contribution is -0.145. The lowest BCUT2D eigenvalue weighted by atomic mass is 9.97. The molecular weight excluding hydrogens is 420 g/mol. The number of hydrazine groups is 1.